The molecular formula is C15H21FN2S. The fourth-order valence-corrected chi connectivity index (χ4v) is 2.91. The van der Waals surface area contributed by atoms with Gasteiger partial charge in [0, 0.05) is 17.3 Å². The summed E-state index contributed by atoms with van der Waals surface area (Å²) in [6.45, 7) is 4.59. The Morgan fingerprint density at radius 1 is 1.32 bits per heavy atom. The Morgan fingerprint density at radius 3 is 2.68 bits per heavy atom. The van der Waals surface area contributed by atoms with E-state index in [9.17, 15) is 4.39 Å². The molecule has 0 radical (unpaired) electrons. The zero-order valence-electron chi connectivity index (χ0n) is 11.4. The van der Waals surface area contributed by atoms with Crippen LogP contribution in [0.25, 0.3) is 0 Å². The van der Waals surface area contributed by atoms with Crippen LogP contribution in [0.15, 0.2) is 18.2 Å². The fourth-order valence-electron chi connectivity index (χ4n) is 2.74. The summed E-state index contributed by atoms with van der Waals surface area (Å²) in [6.07, 6.45) is 3.50. The van der Waals surface area contributed by atoms with Crippen LogP contribution in [0.3, 0.4) is 0 Å². The normalized spacial score (nSPS) is 27.0. The van der Waals surface area contributed by atoms with Crippen LogP contribution in [0.4, 0.5) is 10.1 Å². The van der Waals surface area contributed by atoms with Crippen LogP contribution in [-0.4, -0.2) is 11.0 Å². The molecule has 104 valence electrons. The van der Waals surface area contributed by atoms with Gasteiger partial charge in [0.2, 0.25) is 0 Å². The van der Waals surface area contributed by atoms with Crippen molar-refractivity contribution in [1.29, 1.82) is 0 Å². The largest absolute Gasteiger partial charge is 0.389 e. The molecule has 0 amide bonds. The van der Waals surface area contributed by atoms with Crippen LogP contribution in [0, 0.1) is 17.7 Å². The number of halogens is 1. The molecule has 1 saturated carbocycles. The summed E-state index contributed by atoms with van der Waals surface area (Å²) < 4.78 is 13.3. The number of hydrogen-bond acceptors (Lipinski definition) is 2. The fraction of sp³-hybridized carbons (Fsp3) is 0.533. The summed E-state index contributed by atoms with van der Waals surface area (Å²) in [5, 5.41) is 3.47. The van der Waals surface area contributed by atoms with Gasteiger partial charge in [0.05, 0.1) is 0 Å². The maximum atomic E-state index is 13.3. The van der Waals surface area contributed by atoms with E-state index in [1.165, 1.54) is 18.6 Å². The number of nitrogens with one attached hydrogen (secondary N) is 1. The molecule has 3 N–H and O–H groups in total. The van der Waals surface area contributed by atoms with E-state index in [1.807, 2.05) is 0 Å². The molecule has 19 heavy (non-hydrogen) atoms. The topological polar surface area (TPSA) is 38.0 Å². The number of hydrogen-bond donors (Lipinski definition) is 2. The summed E-state index contributed by atoms with van der Waals surface area (Å²) in [5.41, 5.74) is 7.11. The Bertz CT molecular complexity index is 475. The summed E-state index contributed by atoms with van der Waals surface area (Å²) in [6, 6.07) is 5.00. The Morgan fingerprint density at radius 2 is 2.05 bits per heavy atom. The highest BCUT2D eigenvalue weighted by Gasteiger charge is 2.24. The Labute approximate surface area is 119 Å². The monoisotopic (exact) mass is 280 g/mol. The number of anilines is 1. The van der Waals surface area contributed by atoms with Gasteiger partial charge < -0.3 is 11.1 Å². The molecular weight excluding hydrogens is 259 g/mol. The van der Waals surface area contributed by atoms with E-state index in [0.717, 1.165) is 24.4 Å². The second kappa shape index (κ2) is 5.87. The van der Waals surface area contributed by atoms with Crippen LogP contribution < -0.4 is 11.1 Å². The van der Waals surface area contributed by atoms with Gasteiger partial charge >= 0.3 is 0 Å². The molecule has 4 heteroatoms. The highest BCUT2D eigenvalue weighted by molar-refractivity contribution is 7.80. The second-order valence-electron chi connectivity index (χ2n) is 5.66. The SMILES string of the molecule is CC1CCC(Nc2ccc(F)cc2C(N)=S)CC1C. The van der Waals surface area contributed by atoms with Gasteiger partial charge in [-0.3, -0.25) is 0 Å². The molecule has 1 fully saturated rings. The molecule has 0 heterocycles. The van der Waals surface area contributed by atoms with E-state index in [1.54, 1.807) is 6.07 Å². The minimum absolute atomic E-state index is 0.235. The molecule has 0 aromatic heterocycles. The highest BCUT2D eigenvalue weighted by atomic mass is 32.1. The molecule has 0 bridgehead atoms. The maximum absolute atomic E-state index is 13.3. The van der Waals surface area contributed by atoms with E-state index in [-0.39, 0.29) is 10.8 Å². The van der Waals surface area contributed by atoms with Crippen molar-refractivity contribution < 1.29 is 4.39 Å². The Hall–Kier alpha value is -1.16. The molecule has 1 aliphatic rings. The summed E-state index contributed by atoms with van der Waals surface area (Å²) in [5.74, 6) is 1.18. The van der Waals surface area contributed by atoms with Gasteiger partial charge in [0.1, 0.15) is 10.8 Å². The average molecular weight is 280 g/mol. The quantitative estimate of drug-likeness (QED) is 0.829. The standard InChI is InChI=1S/C15H21FN2S/c1-9-3-5-12(7-10(9)2)18-14-6-4-11(16)8-13(14)15(17)19/h4,6,8-10,12,18H,3,5,7H2,1-2H3,(H2,17,19). The van der Waals surface area contributed by atoms with Crippen LogP contribution in [-0.2, 0) is 0 Å². The first-order chi connectivity index (χ1) is 8.97. The van der Waals surface area contributed by atoms with E-state index in [2.05, 4.69) is 19.2 Å². The lowest BCUT2D eigenvalue weighted by molar-refractivity contribution is 0.261. The first kappa shape index (κ1) is 14.3. The van der Waals surface area contributed by atoms with Gasteiger partial charge in [-0.2, -0.15) is 0 Å². The van der Waals surface area contributed by atoms with Crippen molar-refractivity contribution in [3.63, 3.8) is 0 Å². The first-order valence-corrected chi connectivity index (χ1v) is 7.24. The van der Waals surface area contributed by atoms with Gasteiger partial charge in [0.15, 0.2) is 0 Å². The Kier molecular flexibility index (Phi) is 4.40. The van der Waals surface area contributed by atoms with Crippen LogP contribution in [0.2, 0.25) is 0 Å². The number of thiocarbonyl (C=S) groups is 1. The zero-order valence-corrected chi connectivity index (χ0v) is 12.3. The summed E-state index contributed by atoms with van der Waals surface area (Å²) in [4.78, 5) is 0.235. The third kappa shape index (κ3) is 3.44. The predicted octanol–water partition coefficient (Wildman–Crippen LogP) is 3.70. The van der Waals surface area contributed by atoms with Crippen LogP contribution in [0.1, 0.15) is 38.7 Å². The van der Waals surface area contributed by atoms with Gasteiger partial charge in [-0.1, -0.05) is 26.1 Å². The summed E-state index contributed by atoms with van der Waals surface area (Å²) >= 11 is 4.99. The molecule has 0 saturated heterocycles. The number of nitrogens with two attached hydrogens (primary N) is 1. The highest BCUT2D eigenvalue weighted by Crippen LogP contribution is 2.31. The van der Waals surface area contributed by atoms with E-state index in [0.29, 0.717) is 17.5 Å². The van der Waals surface area contributed by atoms with Crippen molar-refractivity contribution in [3.8, 4) is 0 Å². The van der Waals surface area contributed by atoms with Crippen molar-refractivity contribution in [2.45, 2.75) is 39.2 Å². The van der Waals surface area contributed by atoms with Gasteiger partial charge in [-0.25, -0.2) is 4.39 Å². The van der Waals surface area contributed by atoms with Crippen molar-refractivity contribution >= 4 is 22.9 Å². The van der Waals surface area contributed by atoms with Crippen molar-refractivity contribution in [2.24, 2.45) is 17.6 Å². The lowest BCUT2D eigenvalue weighted by Gasteiger charge is -2.33. The van der Waals surface area contributed by atoms with E-state index < -0.39 is 0 Å². The molecule has 0 spiro atoms. The third-order valence-corrected chi connectivity index (χ3v) is 4.42. The number of benzene rings is 1. The zero-order chi connectivity index (χ0) is 14.0. The smallest absolute Gasteiger partial charge is 0.124 e. The van der Waals surface area contributed by atoms with Crippen LogP contribution in [0.5, 0.6) is 0 Å². The molecule has 1 aromatic carbocycles. The van der Waals surface area contributed by atoms with Gasteiger partial charge in [-0.15, -0.1) is 0 Å². The average Bonchev–Trinajstić information content (AvgIpc) is 2.36. The lowest BCUT2D eigenvalue weighted by Crippen LogP contribution is -2.31. The first-order valence-electron chi connectivity index (χ1n) is 6.83. The molecule has 2 rings (SSSR count). The van der Waals surface area contributed by atoms with Crippen LogP contribution >= 0.6 is 12.2 Å². The molecule has 1 aliphatic carbocycles. The maximum Gasteiger partial charge on any atom is 0.124 e. The molecule has 3 unspecified atom stereocenters. The third-order valence-electron chi connectivity index (χ3n) is 4.20. The van der Waals surface area contributed by atoms with Crippen molar-refractivity contribution in [1.82, 2.24) is 0 Å². The molecule has 3 atom stereocenters. The second-order valence-corrected chi connectivity index (χ2v) is 6.10. The molecule has 1 aromatic rings. The van der Waals surface area contributed by atoms with Gasteiger partial charge in [-0.05, 0) is 49.3 Å². The minimum Gasteiger partial charge on any atom is -0.389 e. The minimum atomic E-state index is -0.306. The number of rotatable bonds is 3. The molecule has 2 nitrogen and oxygen atoms in total. The van der Waals surface area contributed by atoms with Gasteiger partial charge in [0.25, 0.3) is 0 Å². The Balaban J connectivity index is 2.13. The van der Waals surface area contributed by atoms with E-state index in [4.69, 9.17) is 18.0 Å². The van der Waals surface area contributed by atoms with Crippen molar-refractivity contribution in [2.75, 3.05) is 5.32 Å². The molecule has 0 aliphatic heterocycles. The predicted molar refractivity (Wildman–Crippen MR) is 81.9 cm³/mol. The van der Waals surface area contributed by atoms with Crippen molar-refractivity contribution in [3.05, 3.63) is 29.6 Å². The lowest BCUT2D eigenvalue weighted by atomic mass is 9.79. The van der Waals surface area contributed by atoms with E-state index >= 15 is 0 Å². The summed E-state index contributed by atoms with van der Waals surface area (Å²) in [7, 11) is 0.